The van der Waals surface area contributed by atoms with Gasteiger partial charge in [0.1, 0.15) is 0 Å². The number of amides is 1. The highest BCUT2D eigenvalue weighted by Gasteiger charge is 2.22. The highest BCUT2D eigenvalue weighted by molar-refractivity contribution is 5.81. The lowest BCUT2D eigenvalue weighted by Crippen LogP contribution is -2.48. The third kappa shape index (κ3) is 6.89. The van der Waals surface area contributed by atoms with E-state index in [1.165, 1.54) is 0 Å². The third-order valence-electron chi connectivity index (χ3n) is 3.64. The molecular formula is C15H28N4O2. The number of rotatable bonds is 8. The molecule has 0 saturated carbocycles. The van der Waals surface area contributed by atoms with Crippen LogP contribution in [0, 0.1) is 17.2 Å². The van der Waals surface area contributed by atoms with Crippen molar-refractivity contribution in [2.45, 2.75) is 32.7 Å². The third-order valence-corrected chi connectivity index (χ3v) is 3.64. The molecular weight excluding hydrogens is 268 g/mol. The lowest BCUT2D eigenvalue weighted by atomic mass is 10.0. The standard InChI is InChI=1S/C15H28N4O2/c1-13(2)12-14(17)15(20)19(5-3-4-16)7-6-18-8-10-21-11-9-18/h13-14H,3,5-12,17H2,1-2H3. The van der Waals surface area contributed by atoms with Gasteiger partial charge in [-0.2, -0.15) is 5.26 Å². The largest absolute Gasteiger partial charge is 0.379 e. The van der Waals surface area contributed by atoms with Crippen molar-refractivity contribution < 1.29 is 9.53 Å². The lowest BCUT2D eigenvalue weighted by Gasteiger charge is -2.31. The Bertz CT molecular complexity index is 348. The van der Waals surface area contributed by atoms with Gasteiger partial charge in [-0.3, -0.25) is 9.69 Å². The quantitative estimate of drug-likeness (QED) is 0.702. The number of nitrogens with zero attached hydrogens (tertiary/aromatic N) is 3. The van der Waals surface area contributed by atoms with E-state index in [2.05, 4.69) is 24.8 Å². The van der Waals surface area contributed by atoms with Crippen LogP contribution in [0.2, 0.25) is 0 Å². The van der Waals surface area contributed by atoms with Gasteiger partial charge >= 0.3 is 0 Å². The highest BCUT2D eigenvalue weighted by atomic mass is 16.5. The van der Waals surface area contributed by atoms with E-state index in [4.69, 9.17) is 15.7 Å². The van der Waals surface area contributed by atoms with Gasteiger partial charge in [-0.1, -0.05) is 13.8 Å². The van der Waals surface area contributed by atoms with E-state index in [9.17, 15) is 4.79 Å². The van der Waals surface area contributed by atoms with E-state index >= 15 is 0 Å². The Morgan fingerprint density at radius 1 is 1.38 bits per heavy atom. The highest BCUT2D eigenvalue weighted by Crippen LogP contribution is 2.07. The Balaban J connectivity index is 2.49. The first-order valence-electron chi connectivity index (χ1n) is 7.76. The summed E-state index contributed by atoms with van der Waals surface area (Å²) < 4.78 is 5.32. The smallest absolute Gasteiger partial charge is 0.239 e. The van der Waals surface area contributed by atoms with E-state index in [1.54, 1.807) is 4.90 Å². The average Bonchev–Trinajstić information content (AvgIpc) is 2.47. The fourth-order valence-electron chi connectivity index (χ4n) is 2.45. The second kappa shape index (κ2) is 9.72. The van der Waals surface area contributed by atoms with Crippen molar-refractivity contribution in [3.05, 3.63) is 0 Å². The maximum absolute atomic E-state index is 12.4. The predicted octanol–water partition coefficient (Wildman–Crippen LogP) is 0.434. The number of ether oxygens (including phenoxy) is 1. The fourth-order valence-corrected chi connectivity index (χ4v) is 2.45. The molecule has 0 spiro atoms. The number of morpholine rings is 1. The maximum atomic E-state index is 12.4. The summed E-state index contributed by atoms with van der Waals surface area (Å²) in [5.41, 5.74) is 5.99. The van der Waals surface area contributed by atoms with Crippen LogP contribution in [0.5, 0.6) is 0 Å². The van der Waals surface area contributed by atoms with Crippen LogP contribution < -0.4 is 5.73 Å². The molecule has 0 aromatic carbocycles. The molecule has 1 aliphatic heterocycles. The van der Waals surface area contributed by atoms with Gasteiger partial charge in [0.15, 0.2) is 0 Å². The van der Waals surface area contributed by atoms with Gasteiger partial charge in [0.05, 0.1) is 31.7 Å². The Labute approximate surface area is 127 Å². The van der Waals surface area contributed by atoms with E-state index in [-0.39, 0.29) is 5.91 Å². The van der Waals surface area contributed by atoms with Crippen LogP contribution in [0.15, 0.2) is 0 Å². The summed E-state index contributed by atoms with van der Waals surface area (Å²) in [6, 6.07) is 1.64. The summed E-state index contributed by atoms with van der Waals surface area (Å²) >= 11 is 0. The van der Waals surface area contributed by atoms with E-state index in [1.807, 2.05) is 0 Å². The molecule has 1 saturated heterocycles. The molecule has 21 heavy (non-hydrogen) atoms. The topological polar surface area (TPSA) is 82.6 Å². The molecule has 1 amide bonds. The number of hydrogen-bond acceptors (Lipinski definition) is 5. The summed E-state index contributed by atoms with van der Waals surface area (Å²) in [4.78, 5) is 16.4. The minimum atomic E-state index is -0.464. The minimum absolute atomic E-state index is 0.0350. The van der Waals surface area contributed by atoms with Crippen molar-refractivity contribution in [1.29, 1.82) is 5.26 Å². The van der Waals surface area contributed by atoms with Crippen LogP contribution in [-0.4, -0.2) is 67.7 Å². The van der Waals surface area contributed by atoms with Gasteiger partial charge in [-0.25, -0.2) is 0 Å². The molecule has 0 aliphatic carbocycles. The van der Waals surface area contributed by atoms with Crippen molar-refractivity contribution >= 4 is 5.91 Å². The molecule has 1 aliphatic rings. The summed E-state index contributed by atoms with van der Waals surface area (Å²) in [6.07, 6.45) is 1.03. The number of hydrogen-bond donors (Lipinski definition) is 1. The van der Waals surface area contributed by atoms with Crippen LogP contribution in [0.3, 0.4) is 0 Å². The van der Waals surface area contributed by atoms with Crippen molar-refractivity contribution in [3.63, 3.8) is 0 Å². The number of carbonyl (C=O) groups excluding carboxylic acids is 1. The summed E-state index contributed by atoms with van der Waals surface area (Å²) in [5.74, 6) is 0.355. The molecule has 0 aromatic heterocycles. The SMILES string of the molecule is CC(C)CC(N)C(=O)N(CCC#N)CCN1CCOCC1. The maximum Gasteiger partial charge on any atom is 0.239 e. The van der Waals surface area contributed by atoms with Crippen molar-refractivity contribution in [3.8, 4) is 6.07 Å². The molecule has 1 atom stereocenters. The Morgan fingerprint density at radius 3 is 2.62 bits per heavy atom. The Kier molecular flexibility index (Phi) is 8.28. The van der Waals surface area contributed by atoms with Crippen LogP contribution in [0.25, 0.3) is 0 Å². The van der Waals surface area contributed by atoms with Crippen LogP contribution in [-0.2, 0) is 9.53 Å². The fraction of sp³-hybridized carbons (Fsp3) is 0.867. The first kappa shape index (κ1) is 17.9. The monoisotopic (exact) mass is 296 g/mol. The predicted molar refractivity (Wildman–Crippen MR) is 81.5 cm³/mol. The zero-order valence-corrected chi connectivity index (χ0v) is 13.3. The molecule has 2 N–H and O–H groups in total. The Hall–Kier alpha value is -1.16. The van der Waals surface area contributed by atoms with Gasteiger partial charge in [0, 0.05) is 32.7 Å². The van der Waals surface area contributed by atoms with Gasteiger partial charge in [0.25, 0.3) is 0 Å². The van der Waals surface area contributed by atoms with Crippen molar-refractivity contribution in [1.82, 2.24) is 9.80 Å². The Morgan fingerprint density at radius 2 is 2.05 bits per heavy atom. The molecule has 0 aromatic rings. The average molecular weight is 296 g/mol. The summed E-state index contributed by atoms with van der Waals surface area (Å²) in [7, 11) is 0. The molecule has 1 fully saturated rings. The molecule has 6 nitrogen and oxygen atoms in total. The van der Waals surface area contributed by atoms with Crippen LogP contribution >= 0.6 is 0 Å². The second-order valence-electron chi connectivity index (χ2n) is 5.92. The molecule has 120 valence electrons. The van der Waals surface area contributed by atoms with Crippen molar-refractivity contribution in [2.75, 3.05) is 45.9 Å². The van der Waals surface area contributed by atoms with Crippen LogP contribution in [0.1, 0.15) is 26.7 Å². The van der Waals surface area contributed by atoms with Gasteiger partial charge in [-0.05, 0) is 12.3 Å². The number of nitrogens with two attached hydrogens (primary N) is 1. The molecule has 1 heterocycles. The molecule has 0 radical (unpaired) electrons. The first-order valence-corrected chi connectivity index (χ1v) is 7.76. The lowest BCUT2D eigenvalue weighted by molar-refractivity contribution is -0.133. The van der Waals surface area contributed by atoms with Gasteiger partial charge in [0.2, 0.25) is 5.91 Å². The van der Waals surface area contributed by atoms with Gasteiger partial charge < -0.3 is 15.4 Å². The zero-order chi connectivity index (χ0) is 15.7. The first-order chi connectivity index (χ1) is 10.0. The van der Waals surface area contributed by atoms with E-state index in [0.717, 1.165) is 32.8 Å². The summed E-state index contributed by atoms with van der Waals surface area (Å²) in [6.45, 7) is 9.32. The molecule has 6 heteroatoms. The van der Waals surface area contributed by atoms with Gasteiger partial charge in [-0.15, -0.1) is 0 Å². The summed E-state index contributed by atoms with van der Waals surface area (Å²) in [5, 5.41) is 8.75. The second-order valence-corrected chi connectivity index (χ2v) is 5.92. The molecule has 1 rings (SSSR count). The molecule has 1 unspecified atom stereocenters. The van der Waals surface area contributed by atoms with E-state index in [0.29, 0.717) is 31.8 Å². The normalized spacial score (nSPS) is 17.5. The van der Waals surface area contributed by atoms with Crippen molar-refractivity contribution in [2.24, 2.45) is 11.7 Å². The minimum Gasteiger partial charge on any atom is -0.379 e. The van der Waals surface area contributed by atoms with E-state index < -0.39 is 6.04 Å². The van der Waals surface area contributed by atoms with Crippen LogP contribution in [0.4, 0.5) is 0 Å². The number of carbonyl (C=O) groups is 1. The zero-order valence-electron chi connectivity index (χ0n) is 13.3. The number of nitriles is 1. The molecule has 0 bridgehead atoms.